The predicted octanol–water partition coefficient (Wildman–Crippen LogP) is 1.79. The molecule has 1 aliphatic rings. The minimum Gasteiger partial charge on any atom is -0.370 e. The largest absolute Gasteiger partial charge is 0.370 e. The van der Waals surface area contributed by atoms with E-state index in [0.717, 1.165) is 19.4 Å². The minimum absolute atomic E-state index is 0.00588. The molecular formula is C15H22N2O3S. The van der Waals surface area contributed by atoms with Gasteiger partial charge in [-0.15, -0.1) is 0 Å². The van der Waals surface area contributed by atoms with Gasteiger partial charge >= 0.3 is 0 Å². The number of ketones is 1. The fourth-order valence-electron chi connectivity index (χ4n) is 2.74. The highest BCUT2D eigenvalue weighted by Crippen LogP contribution is 2.29. The Hall–Kier alpha value is -1.40. The number of nitrogens with zero attached hydrogens (tertiary/aromatic N) is 1. The molecule has 1 aliphatic heterocycles. The third-order valence-electron chi connectivity index (χ3n) is 3.83. The summed E-state index contributed by atoms with van der Waals surface area (Å²) in [5, 5.41) is 0. The molecule has 1 heterocycles. The number of nitrogens with one attached hydrogen (secondary N) is 1. The van der Waals surface area contributed by atoms with Gasteiger partial charge in [-0.1, -0.05) is 19.1 Å². The van der Waals surface area contributed by atoms with Gasteiger partial charge in [0.25, 0.3) is 0 Å². The first-order valence-corrected chi connectivity index (χ1v) is 8.78. The molecule has 1 saturated heterocycles. The summed E-state index contributed by atoms with van der Waals surface area (Å²) in [6.07, 6.45) is 1.79. The van der Waals surface area contributed by atoms with Crippen molar-refractivity contribution in [1.82, 2.24) is 4.72 Å². The van der Waals surface area contributed by atoms with Crippen LogP contribution in [0, 0.1) is 5.92 Å². The van der Waals surface area contributed by atoms with Crippen molar-refractivity contribution in [3.63, 3.8) is 0 Å². The maximum absolute atomic E-state index is 12.3. The molecule has 116 valence electrons. The molecule has 21 heavy (non-hydrogen) atoms. The smallest absolute Gasteiger partial charge is 0.242 e. The van der Waals surface area contributed by atoms with Crippen molar-refractivity contribution in [2.24, 2.45) is 5.92 Å². The van der Waals surface area contributed by atoms with Crippen LogP contribution in [0.3, 0.4) is 0 Å². The van der Waals surface area contributed by atoms with Crippen LogP contribution in [0.1, 0.15) is 26.7 Å². The third-order valence-corrected chi connectivity index (χ3v) is 5.42. The van der Waals surface area contributed by atoms with Crippen molar-refractivity contribution in [3.8, 4) is 0 Å². The van der Waals surface area contributed by atoms with E-state index in [1.807, 2.05) is 17.0 Å². The van der Waals surface area contributed by atoms with Gasteiger partial charge in [-0.3, -0.25) is 4.79 Å². The van der Waals surface area contributed by atoms with E-state index in [4.69, 9.17) is 0 Å². The highest BCUT2D eigenvalue weighted by Gasteiger charge is 2.27. The molecule has 1 N–H and O–H groups in total. The van der Waals surface area contributed by atoms with E-state index in [-0.39, 0.29) is 16.6 Å². The summed E-state index contributed by atoms with van der Waals surface area (Å²) in [7, 11) is -3.50. The Balaban J connectivity index is 2.34. The van der Waals surface area contributed by atoms with Crippen molar-refractivity contribution >= 4 is 21.5 Å². The number of carbonyl (C=O) groups excluding carboxylic acids is 1. The average molecular weight is 310 g/mol. The summed E-state index contributed by atoms with van der Waals surface area (Å²) in [6, 6.07) is 6.98. The topological polar surface area (TPSA) is 66.5 Å². The normalized spacial score (nSPS) is 19.5. The standard InChI is InChI=1S/C15H22N2O3S/c1-3-16-21(19,20)15-9-5-4-8-14(15)17-10-6-7-13(11-17)12(2)18/h4-5,8-9,13,16H,3,6-7,10-11H2,1-2H3. The second-order valence-corrected chi connectivity index (χ2v) is 7.10. The van der Waals surface area contributed by atoms with Crippen LogP contribution in [0.2, 0.25) is 0 Å². The molecule has 1 fully saturated rings. The van der Waals surface area contributed by atoms with Gasteiger partial charge in [0.1, 0.15) is 10.7 Å². The molecule has 1 unspecified atom stereocenters. The Bertz CT molecular complexity index is 613. The van der Waals surface area contributed by atoms with Crippen LogP contribution in [0.25, 0.3) is 0 Å². The Morgan fingerprint density at radius 1 is 1.38 bits per heavy atom. The Kier molecular flexibility index (Phi) is 5.00. The maximum Gasteiger partial charge on any atom is 0.242 e. The van der Waals surface area contributed by atoms with E-state index in [1.165, 1.54) is 0 Å². The number of carbonyl (C=O) groups is 1. The number of rotatable bonds is 5. The van der Waals surface area contributed by atoms with Crippen LogP contribution in [0.4, 0.5) is 5.69 Å². The van der Waals surface area contributed by atoms with E-state index in [0.29, 0.717) is 18.8 Å². The molecule has 0 amide bonds. The lowest BCUT2D eigenvalue weighted by molar-refractivity contribution is -0.120. The molecular weight excluding hydrogens is 288 g/mol. The van der Waals surface area contributed by atoms with Crippen molar-refractivity contribution < 1.29 is 13.2 Å². The zero-order valence-corrected chi connectivity index (χ0v) is 13.3. The molecule has 0 radical (unpaired) electrons. The van der Waals surface area contributed by atoms with Crippen molar-refractivity contribution in [2.75, 3.05) is 24.5 Å². The summed E-state index contributed by atoms with van der Waals surface area (Å²) in [4.78, 5) is 13.9. The molecule has 5 nitrogen and oxygen atoms in total. The predicted molar refractivity (Wildman–Crippen MR) is 82.9 cm³/mol. The van der Waals surface area contributed by atoms with Gasteiger partial charge in [0.15, 0.2) is 0 Å². The number of sulfonamides is 1. The van der Waals surface area contributed by atoms with Gasteiger partial charge in [0.05, 0.1) is 5.69 Å². The zero-order valence-electron chi connectivity index (χ0n) is 12.5. The number of anilines is 1. The van der Waals surface area contributed by atoms with Crippen molar-refractivity contribution in [1.29, 1.82) is 0 Å². The average Bonchev–Trinajstić information content (AvgIpc) is 2.47. The number of para-hydroxylation sites is 1. The summed E-state index contributed by atoms with van der Waals surface area (Å²) in [5.41, 5.74) is 0.685. The molecule has 2 rings (SSSR count). The molecule has 0 aromatic heterocycles. The number of hydrogen-bond acceptors (Lipinski definition) is 4. The van der Waals surface area contributed by atoms with Gasteiger partial charge in [0, 0.05) is 25.6 Å². The number of hydrogen-bond donors (Lipinski definition) is 1. The van der Waals surface area contributed by atoms with Crippen LogP contribution < -0.4 is 9.62 Å². The minimum atomic E-state index is -3.50. The first kappa shape index (κ1) is 16.0. The van der Waals surface area contributed by atoms with Crippen LogP contribution in [0.15, 0.2) is 29.2 Å². The molecule has 1 atom stereocenters. The summed E-state index contributed by atoms with van der Waals surface area (Å²) in [5.74, 6) is 0.167. The monoisotopic (exact) mass is 310 g/mol. The fourth-order valence-corrected chi connectivity index (χ4v) is 4.01. The number of piperidine rings is 1. The van der Waals surface area contributed by atoms with Gasteiger partial charge in [-0.25, -0.2) is 13.1 Å². The molecule has 1 aromatic carbocycles. The second kappa shape index (κ2) is 6.58. The highest BCUT2D eigenvalue weighted by molar-refractivity contribution is 7.89. The quantitative estimate of drug-likeness (QED) is 0.900. The van der Waals surface area contributed by atoms with E-state index in [2.05, 4.69) is 4.72 Å². The van der Waals surface area contributed by atoms with Crippen LogP contribution in [-0.4, -0.2) is 33.8 Å². The number of Topliss-reactive ketones (excluding diaryl/α,β-unsaturated/α-hetero) is 1. The van der Waals surface area contributed by atoms with Gasteiger partial charge in [-0.05, 0) is 31.9 Å². The molecule has 0 aliphatic carbocycles. The van der Waals surface area contributed by atoms with E-state index < -0.39 is 10.0 Å². The summed E-state index contributed by atoms with van der Waals surface area (Å²) in [6.45, 7) is 5.09. The molecule has 0 saturated carbocycles. The second-order valence-electron chi connectivity index (χ2n) is 5.36. The maximum atomic E-state index is 12.3. The van der Waals surface area contributed by atoms with E-state index in [1.54, 1.807) is 26.0 Å². The van der Waals surface area contributed by atoms with Crippen LogP contribution >= 0.6 is 0 Å². The molecule has 0 bridgehead atoms. The zero-order chi connectivity index (χ0) is 15.5. The summed E-state index contributed by atoms with van der Waals surface area (Å²) < 4.78 is 27.1. The lowest BCUT2D eigenvalue weighted by Crippen LogP contribution is -2.39. The lowest BCUT2D eigenvalue weighted by atomic mass is 9.94. The summed E-state index contributed by atoms with van der Waals surface area (Å²) >= 11 is 0. The molecule has 6 heteroatoms. The Morgan fingerprint density at radius 2 is 2.10 bits per heavy atom. The first-order valence-electron chi connectivity index (χ1n) is 7.29. The van der Waals surface area contributed by atoms with Crippen LogP contribution in [0.5, 0.6) is 0 Å². The van der Waals surface area contributed by atoms with Gasteiger partial charge < -0.3 is 4.90 Å². The molecule has 0 spiro atoms. The van der Waals surface area contributed by atoms with E-state index in [9.17, 15) is 13.2 Å². The highest BCUT2D eigenvalue weighted by atomic mass is 32.2. The fraction of sp³-hybridized carbons (Fsp3) is 0.533. The number of benzene rings is 1. The van der Waals surface area contributed by atoms with Gasteiger partial charge in [-0.2, -0.15) is 0 Å². The first-order chi connectivity index (χ1) is 9.95. The van der Waals surface area contributed by atoms with Gasteiger partial charge in [0.2, 0.25) is 10.0 Å². The van der Waals surface area contributed by atoms with Crippen molar-refractivity contribution in [2.45, 2.75) is 31.6 Å². The Morgan fingerprint density at radius 3 is 2.76 bits per heavy atom. The third kappa shape index (κ3) is 3.63. The lowest BCUT2D eigenvalue weighted by Gasteiger charge is -2.34. The van der Waals surface area contributed by atoms with Crippen molar-refractivity contribution in [3.05, 3.63) is 24.3 Å². The van der Waals surface area contributed by atoms with E-state index >= 15 is 0 Å². The SMILES string of the molecule is CCNS(=O)(=O)c1ccccc1N1CCCC(C(C)=O)C1. The Labute approximate surface area is 126 Å². The molecule has 1 aromatic rings. The van der Waals surface area contributed by atoms with Crippen LogP contribution in [-0.2, 0) is 14.8 Å².